The lowest BCUT2D eigenvalue weighted by Gasteiger charge is -2.31. The van der Waals surface area contributed by atoms with Gasteiger partial charge in [-0.15, -0.1) is 0 Å². The van der Waals surface area contributed by atoms with E-state index in [0.29, 0.717) is 28.9 Å². The van der Waals surface area contributed by atoms with Gasteiger partial charge in [0.1, 0.15) is 11.6 Å². The summed E-state index contributed by atoms with van der Waals surface area (Å²) in [5, 5.41) is 0.543. The van der Waals surface area contributed by atoms with E-state index in [2.05, 4.69) is 19.6 Å². The number of anilines is 1. The highest BCUT2D eigenvalue weighted by molar-refractivity contribution is 6.30. The van der Waals surface area contributed by atoms with Crippen LogP contribution in [0.5, 0.6) is 5.75 Å². The second-order valence-corrected chi connectivity index (χ2v) is 7.56. The summed E-state index contributed by atoms with van der Waals surface area (Å²) >= 11 is 5.84. The lowest BCUT2D eigenvalue weighted by Crippen LogP contribution is -2.34. The molecule has 6 nitrogen and oxygen atoms in total. The van der Waals surface area contributed by atoms with E-state index < -0.39 is 11.8 Å². The van der Waals surface area contributed by atoms with Crippen molar-refractivity contribution >= 4 is 23.5 Å². The van der Waals surface area contributed by atoms with E-state index in [1.54, 1.807) is 24.5 Å². The van der Waals surface area contributed by atoms with Crippen LogP contribution in [0.15, 0.2) is 30.6 Å². The van der Waals surface area contributed by atoms with Crippen LogP contribution in [-0.2, 0) is 16.0 Å². The highest BCUT2D eigenvalue weighted by atomic mass is 35.5. The van der Waals surface area contributed by atoms with Crippen molar-refractivity contribution in [1.82, 2.24) is 9.97 Å². The van der Waals surface area contributed by atoms with Gasteiger partial charge in [-0.2, -0.15) is 0 Å². The minimum atomic E-state index is -0.466. The smallest absolute Gasteiger partial charge is 0.310 e. The second kappa shape index (κ2) is 10.4. The number of rotatable bonds is 8. The minimum Gasteiger partial charge on any atom is -0.493 e. The lowest BCUT2D eigenvalue weighted by molar-refractivity contribution is -0.139. The summed E-state index contributed by atoms with van der Waals surface area (Å²) in [4.78, 5) is 22.0. The van der Waals surface area contributed by atoms with Crippen LogP contribution >= 0.6 is 11.6 Å². The third kappa shape index (κ3) is 6.29. The Kier molecular flexibility index (Phi) is 7.63. The van der Waals surface area contributed by atoms with Gasteiger partial charge < -0.3 is 14.4 Å². The maximum atomic E-state index is 14.0. The number of benzene rings is 1. The number of methoxy groups -OCH3 is 1. The fourth-order valence-electron chi connectivity index (χ4n) is 3.44. The van der Waals surface area contributed by atoms with Gasteiger partial charge in [-0.05, 0) is 43.2 Å². The molecule has 2 heterocycles. The van der Waals surface area contributed by atoms with Gasteiger partial charge in [0.15, 0.2) is 0 Å². The summed E-state index contributed by atoms with van der Waals surface area (Å²) in [6, 6.07) is 4.57. The van der Waals surface area contributed by atoms with E-state index in [9.17, 15) is 9.18 Å². The molecule has 1 aliphatic heterocycles. The molecule has 0 aliphatic carbocycles. The molecule has 0 bridgehead atoms. The summed E-state index contributed by atoms with van der Waals surface area (Å²) in [6.45, 7) is 2.40. The minimum absolute atomic E-state index is 0.0810. The number of piperidine rings is 1. The van der Waals surface area contributed by atoms with Crippen LogP contribution in [0.4, 0.5) is 10.3 Å². The molecule has 1 aliphatic rings. The van der Waals surface area contributed by atoms with Crippen molar-refractivity contribution in [2.75, 3.05) is 31.7 Å². The fraction of sp³-hybridized carbons (Fsp3) is 0.476. The zero-order chi connectivity index (χ0) is 20.6. The molecule has 0 atom stereocenters. The Balaban J connectivity index is 1.36. The van der Waals surface area contributed by atoms with Crippen LogP contribution in [0, 0.1) is 11.7 Å². The number of nitrogens with zero attached hydrogens (tertiary/aromatic N) is 3. The first-order chi connectivity index (χ1) is 14.0. The number of hydrogen-bond donors (Lipinski definition) is 0. The van der Waals surface area contributed by atoms with Crippen LogP contribution in [0.3, 0.4) is 0 Å². The molecule has 1 fully saturated rings. The van der Waals surface area contributed by atoms with Crippen molar-refractivity contribution in [2.45, 2.75) is 32.1 Å². The SMILES string of the molecule is COC(=O)Cc1ccc(OCCCC2CCN(c3ncc(Cl)cn3)CC2)cc1F. The molecular weight excluding hydrogens is 397 g/mol. The zero-order valence-corrected chi connectivity index (χ0v) is 17.2. The van der Waals surface area contributed by atoms with Crippen LogP contribution < -0.4 is 9.64 Å². The Morgan fingerprint density at radius 3 is 2.66 bits per heavy atom. The van der Waals surface area contributed by atoms with Gasteiger partial charge in [0, 0.05) is 19.2 Å². The molecule has 1 aromatic carbocycles. The summed E-state index contributed by atoms with van der Waals surface area (Å²) in [5.41, 5.74) is 0.306. The Morgan fingerprint density at radius 2 is 2.00 bits per heavy atom. The quantitative estimate of drug-likeness (QED) is 0.473. The first-order valence-corrected chi connectivity index (χ1v) is 10.1. The van der Waals surface area contributed by atoms with Gasteiger partial charge in [-0.3, -0.25) is 4.79 Å². The average Bonchev–Trinajstić information content (AvgIpc) is 2.74. The molecule has 0 N–H and O–H groups in total. The van der Waals surface area contributed by atoms with Gasteiger partial charge >= 0.3 is 5.97 Å². The predicted molar refractivity (Wildman–Crippen MR) is 109 cm³/mol. The molecule has 0 spiro atoms. The van der Waals surface area contributed by atoms with Crippen LogP contribution in [-0.4, -0.2) is 42.7 Å². The highest BCUT2D eigenvalue weighted by Crippen LogP contribution is 2.25. The largest absolute Gasteiger partial charge is 0.493 e. The molecule has 2 aromatic rings. The van der Waals surface area contributed by atoms with E-state index in [-0.39, 0.29) is 6.42 Å². The maximum Gasteiger partial charge on any atom is 0.310 e. The third-order valence-corrected chi connectivity index (χ3v) is 5.31. The third-order valence-electron chi connectivity index (χ3n) is 5.12. The van der Waals surface area contributed by atoms with Crippen molar-refractivity contribution in [3.63, 3.8) is 0 Å². The molecule has 1 aromatic heterocycles. The summed E-state index contributed by atoms with van der Waals surface area (Å²) in [5.74, 6) is 0.928. The number of esters is 1. The number of hydrogen-bond acceptors (Lipinski definition) is 6. The van der Waals surface area contributed by atoms with Gasteiger partial charge in [-0.25, -0.2) is 14.4 Å². The van der Waals surface area contributed by atoms with Crippen LogP contribution in [0.1, 0.15) is 31.2 Å². The fourth-order valence-corrected chi connectivity index (χ4v) is 3.54. The maximum absolute atomic E-state index is 14.0. The van der Waals surface area contributed by atoms with E-state index in [0.717, 1.165) is 44.7 Å². The number of aromatic nitrogens is 2. The average molecular weight is 422 g/mol. The molecule has 3 rings (SSSR count). The number of carbonyl (C=O) groups excluding carboxylic acids is 1. The van der Waals surface area contributed by atoms with Crippen molar-refractivity contribution < 1.29 is 18.7 Å². The monoisotopic (exact) mass is 421 g/mol. The number of carbonyl (C=O) groups is 1. The van der Waals surface area contributed by atoms with Gasteiger partial charge in [0.25, 0.3) is 0 Å². The standard InChI is InChI=1S/C21H25ClFN3O3/c1-28-20(27)11-16-4-5-18(12-19(16)23)29-10-2-3-15-6-8-26(9-7-15)21-24-13-17(22)14-25-21/h4-5,12-15H,2-3,6-11H2,1H3. The van der Waals surface area contributed by atoms with Gasteiger partial charge in [-0.1, -0.05) is 17.7 Å². The van der Waals surface area contributed by atoms with Crippen molar-refractivity contribution in [3.05, 3.63) is 47.0 Å². The molecule has 1 saturated heterocycles. The molecule has 0 saturated carbocycles. The molecule has 29 heavy (non-hydrogen) atoms. The van der Waals surface area contributed by atoms with E-state index in [4.69, 9.17) is 16.3 Å². The van der Waals surface area contributed by atoms with Gasteiger partial charge in [0.05, 0.1) is 37.6 Å². The Labute approximate surface area is 175 Å². The van der Waals surface area contributed by atoms with E-state index in [1.165, 1.54) is 13.2 Å². The first-order valence-electron chi connectivity index (χ1n) is 9.75. The summed E-state index contributed by atoms with van der Waals surface area (Å²) in [7, 11) is 1.28. The molecule has 156 valence electrons. The van der Waals surface area contributed by atoms with Crippen LogP contribution in [0.25, 0.3) is 0 Å². The summed E-state index contributed by atoms with van der Waals surface area (Å²) < 4.78 is 24.3. The normalized spacial score (nSPS) is 14.7. The Hall–Kier alpha value is -2.41. The molecule has 8 heteroatoms. The van der Waals surface area contributed by atoms with E-state index >= 15 is 0 Å². The molecule has 0 unspecified atom stereocenters. The predicted octanol–water partition coefficient (Wildman–Crippen LogP) is 4.06. The van der Waals surface area contributed by atoms with Crippen molar-refractivity contribution in [3.8, 4) is 5.75 Å². The molecular formula is C21H25ClFN3O3. The lowest BCUT2D eigenvalue weighted by atomic mass is 9.92. The van der Waals surface area contributed by atoms with E-state index in [1.807, 2.05) is 0 Å². The van der Waals surface area contributed by atoms with Gasteiger partial charge in [0.2, 0.25) is 5.95 Å². The van der Waals surface area contributed by atoms with Crippen molar-refractivity contribution in [1.29, 1.82) is 0 Å². The second-order valence-electron chi connectivity index (χ2n) is 7.13. The molecule has 0 radical (unpaired) electrons. The van der Waals surface area contributed by atoms with Crippen LogP contribution in [0.2, 0.25) is 5.02 Å². The topological polar surface area (TPSA) is 64.6 Å². The number of halogens is 2. The summed E-state index contributed by atoms with van der Waals surface area (Å²) in [6.07, 6.45) is 7.32. The zero-order valence-electron chi connectivity index (χ0n) is 16.4. The Bertz CT molecular complexity index is 811. The first kappa shape index (κ1) is 21.3. The number of ether oxygens (including phenoxy) is 2. The Morgan fingerprint density at radius 1 is 1.28 bits per heavy atom. The highest BCUT2D eigenvalue weighted by Gasteiger charge is 2.20. The van der Waals surface area contributed by atoms with Crippen molar-refractivity contribution in [2.24, 2.45) is 5.92 Å². The molecule has 0 amide bonds.